The Hall–Kier alpha value is -2.14. The van der Waals surface area contributed by atoms with Crippen LogP contribution in [-0.4, -0.2) is 46.4 Å². The Bertz CT molecular complexity index is 668. The van der Waals surface area contributed by atoms with Gasteiger partial charge in [0.25, 0.3) is 5.91 Å². The van der Waals surface area contributed by atoms with E-state index in [-0.39, 0.29) is 11.9 Å². The molecule has 1 aromatic carbocycles. The van der Waals surface area contributed by atoms with Crippen LogP contribution in [0.25, 0.3) is 0 Å². The Morgan fingerprint density at radius 1 is 1.25 bits per heavy atom. The summed E-state index contributed by atoms with van der Waals surface area (Å²) >= 11 is 0. The first kappa shape index (κ1) is 16.7. The van der Waals surface area contributed by atoms with Crippen LogP contribution in [0.2, 0.25) is 0 Å². The number of aryl methyl sites for hydroxylation is 1. The largest absolute Gasteiger partial charge is 0.448 e. The van der Waals surface area contributed by atoms with E-state index in [4.69, 9.17) is 4.42 Å². The molecule has 0 unspecified atom stereocenters. The zero-order valence-corrected chi connectivity index (χ0v) is 14.4. The van der Waals surface area contributed by atoms with E-state index in [2.05, 4.69) is 41.1 Å². The van der Waals surface area contributed by atoms with Crippen molar-refractivity contribution in [3.8, 4) is 0 Å². The quantitative estimate of drug-likeness (QED) is 0.847. The average molecular weight is 327 g/mol. The highest BCUT2D eigenvalue weighted by molar-refractivity contribution is 5.92. The molecule has 1 aromatic heterocycles. The van der Waals surface area contributed by atoms with Gasteiger partial charge < -0.3 is 9.32 Å². The second-order valence-corrected chi connectivity index (χ2v) is 6.26. The third-order valence-electron chi connectivity index (χ3n) is 4.62. The topological polar surface area (TPSA) is 49.6 Å². The summed E-state index contributed by atoms with van der Waals surface area (Å²) in [6.45, 7) is 7.56. The zero-order valence-electron chi connectivity index (χ0n) is 14.4. The summed E-state index contributed by atoms with van der Waals surface area (Å²) in [5.41, 5.74) is 1.75. The molecule has 1 amide bonds. The van der Waals surface area contributed by atoms with E-state index in [0.717, 1.165) is 32.6 Å². The molecule has 1 aliphatic heterocycles. The van der Waals surface area contributed by atoms with Gasteiger partial charge in [0.05, 0.1) is 0 Å². The molecule has 5 heteroatoms. The highest BCUT2D eigenvalue weighted by atomic mass is 16.3. The molecule has 3 rings (SSSR count). The van der Waals surface area contributed by atoms with Crippen molar-refractivity contribution in [3.05, 3.63) is 53.7 Å². The Morgan fingerprint density at radius 3 is 2.71 bits per heavy atom. The lowest BCUT2D eigenvalue weighted by atomic mass is 10.1. The summed E-state index contributed by atoms with van der Waals surface area (Å²) in [4.78, 5) is 21.4. The number of rotatable bonds is 5. The van der Waals surface area contributed by atoms with Crippen LogP contribution in [0, 0.1) is 0 Å². The van der Waals surface area contributed by atoms with Gasteiger partial charge in [-0.2, -0.15) is 0 Å². The lowest BCUT2D eigenvalue weighted by Gasteiger charge is -2.41. The van der Waals surface area contributed by atoms with Gasteiger partial charge in [-0.15, -0.1) is 0 Å². The van der Waals surface area contributed by atoms with Gasteiger partial charge >= 0.3 is 0 Å². The zero-order chi connectivity index (χ0) is 16.9. The minimum absolute atomic E-state index is 0.00957. The van der Waals surface area contributed by atoms with E-state index in [1.807, 2.05) is 17.9 Å². The van der Waals surface area contributed by atoms with Crippen LogP contribution in [-0.2, 0) is 13.0 Å². The van der Waals surface area contributed by atoms with Crippen molar-refractivity contribution in [2.45, 2.75) is 39.3 Å². The number of carbonyl (C=O) groups excluding carboxylic acids is 1. The smallest absolute Gasteiger partial charge is 0.276 e. The summed E-state index contributed by atoms with van der Waals surface area (Å²) in [5.74, 6) is 0.610. The Morgan fingerprint density at radius 2 is 2.04 bits per heavy atom. The van der Waals surface area contributed by atoms with Crippen LogP contribution >= 0.6 is 0 Å². The second-order valence-electron chi connectivity index (χ2n) is 6.26. The van der Waals surface area contributed by atoms with E-state index in [1.54, 1.807) is 0 Å². The first-order chi connectivity index (χ1) is 11.7. The van der Waals surface area contributed by atoms with E-state index < -0.39 is 0 Å². The Labute approximate surface area is 143 Å². The normalized spacial score (nSPS) is 18.8. The minimum Gasteiger partial charge on any atom is -0.448 e. The van der Waals surface area contributed by atoms with Crippen molar-refractivity contribution in [3.63, 3.8) is 0 Å². The number of amides is 1. The van der Waals surface area contributed by atoms with E-state index in [9.17, 15) is 4.79 Å². The van der Waals surface area contributed by atoms with Crippen molar-refractivity contribution in [1.29, 1.82) is 0 Å². The van der Waals surface area contributed by atoms with Gasteiger partial charge in [-0.1, -0.05) is 44.2 Å². The molecular weight excluding hydrogens is 302 g/mol. The molecule has 0 aliphatic carbocycles. The molecule has 5 nitrogen and oxygen atoms in total. The van der Waals surface area contributed by atoms with Crippen LogP contribution in [0.1, 0.15) is 42.2 Å². The molecule has 0 spiro atoms. The van der Waals surface area contributed by atoms with Crippen molar-refractivity contribution in [2.75, 3.05) is 19.6 Å². The number of carbonyl (C=O) groups is 1. The molecule has 2 heterocycles. The van der Waals surface area contributed by atoms with Gasteiger partial charge in [0.2, 0.25) is 0 Å². The van der Waals surface area contributed by atoms with Gasteiger partial charge in [-0.25, -0.2) is 4.98 Å². The third kappa shape index (κ3) is 3.67. The van der Waals surface area contributed by atoms with Crippen molar-refractivity contribution in [2.24, 2.45) is 0 Å². The highest BCUT2D eigenvalue weighted by Crippen LogP contribution is 2.18. The molecule has 2 aromatic rings. The average Bonchev–Trinajstić information content (AvgIpc) is 3.11. The maximum atomic E-state index is 12.7. The minimum atomic E-state index is -0.00957. The standard InChI is InChI=1S/C19H25N3O2/c1-3-16-13-21(12-15-8-6-5-7-9-15)10-11-22(16)19(23)17-14-24-18(4-2)20-17/h5-9,14,16H,3-4,10-13H2,1-2H3/t16-/m0/s1. The van der Waals surface area contributed by atoms with Gasteiger partial charge in [0, 0.05) is 38.6 Å². The lowest BCUT2D eigenvalue weighted by Crippen LogP contribution is -2.54. The van der Waals surface area contributed by atoms with Crippen LogP contribution in [0.4, 0.5) is 0 Å². The molecule has 0 N–H and O–H groups in total. The molecule has 128 valence electrons. The molecule has 1 atom stereocenters. The Kier molecular flexibility index (Phi) is 5.30. The second kappa shape index (κ2) is 7.62. The first-order valence-electron chi connectivity index (χ1n) is 8.73. The number of piperazine rings is 1. The number of oxazole rings is 1. The fourth-order valence-electron chi connectivity index (χ4n) is 3.24. The van der Waals surface area contributed by atoms with Crippen LogP contribution < -0.4 is 0 Å². The van der Waals surface area contributed by atoms with E-state index in [0.29, 0.717) is 18.0 Å². The summed E-state index contributed by atoms with van der Waals surface area (Å²) in [7, 11) is 0. The summed E-state index contributed by atoms with van der Waals surface area (Å²) in [5, 5.41) is 0. The molecular formula is C19H25N3O2. The predicted molar refractivity (Wildman–Crippen MR) is 92.7 cm³/mol. The van der Waals surface area contributed by atoms with Crippen LogP contribution in [0.3, 0.4) is 0 Å². The maximum absolute atomic E-state index is 12.7. The molecule has 24 heavy (non-hydrogen) atoms. The third-order valence-corrected chi connectivity index (χ3v) is 4.62. The lowest BCUT2D eigenvalue weighted by molar-refractivity contribution is 0.0424. The monoisotopic (exact) mass is 327 g/mol. The summed E-state index contributed by atoms with van der Waals surface area (Å²) in [6.07, 6.45) is 3.13. The molecule has 1 fully saturated rings. The SMILES string of the molecule is CCc1nc(C(=O)N2CCN(Cc3ccccc3)C[C@@H]2CC)co1. The molecule has 1 aliphatic rings. The van der Waals surface area contributed by atoms with Crippen LogP contribution in [0.15, 0.2) is 41.0 Å². The predicted octanol–water partition coefficient (Wildman–Crippen LogP) is 2.97. The highest BCUT2D eigenvalue weighted by Gasteiger charge is 2.31. The van der Waals surface area contributed by atoms with E-state index in [1.165, 1.54) is 11.8 Å². The van der Waals surface area contributed by atoms with Crippen molar-refractivity contribution in [1.82, 2.24) is 14.8 Å². The van der Waals surface area contributed by atoms with Crippen molar-refractivity contribution < 1.29 is 9.21 Å². The summed E-state index contributed by atoms with van der Waals surface area (Å²) in [6, 6.07) is 10.7. The van der Waals surface area contributed by atoms with E-state index >= 15 is 0 Å². The molecule has 0 radical (unpaired) electrons. The van der Waals surface area contributed by atoms with Gasteiger partial charge in [0.1, 0.15) is 6.26 Å². The number of hydrogen-bond acceptors (Lipinski definition) is 4. The summed E-state index contributed by atoms with van der Waals surface area (Å²) < 4.78 is 5.33. The van der Waals surface area contributed by atoms with Crippen LogP contribution in [0.5, 0.6) is 0 Å². The molecule has 0 saturated carbocycles. The molecule has 1 saturated heterocycles. The Balaban J connectivity index is 1.65. The van der Waals surface area contributed by atoms with Gasteiger partial charge in [-0.3, -0.25) is 9.69 Å². The first-order valence-corrected chi connectivity index (χ1v) is 8.73. The fourth-order valence-corrected chi connectivity index (χ4v) is 3.24. The number of hydrogen-bond donors (Lipinski definition) is 0. The number of aromatic nitrogens is 1. The number of nitrogens with zero attached hydrogens (tertiary/aromatic N) is 3. The fraction of sp³-hybridized carbons (Fsp3) is 0.474. The van der Waals surface area contributed by atoms with Crippen molar-refractivity contribution >= 4 is 5.91 Å². The van der Waals surface area contributed by atoms with Gasteiger partial charge in [0.15, 0.2) is 11.6 Å². The number of benzene rings is 1. The van der Waals surface area contributed by atoms with Gasteiger partial charge in [-0.05, 0) is 12.0 Å². The molecule has 0 bridgehead atoms. The maximum Gasteiger partial charge on any atom is 0.276 e.